The number of nitrogens with zero attached hydrogens (tertiary/aromatic N) is 2. The van der Waals surface area contributed by atoms with E-state index >= 15 is 0 Å². The van der Waals surface area contributed by atoms with Crippen molar-refractivity contribution < 1.29 is 9.90 Å². The van der Waals surface area contributed by atoms with Gasteiger partial charge in [0.2, 0.25) is 0 Å². The summed E-state index contributed by atoms with van der Waals surface area (Å²) in [5.74, 6) is -0.754. The summed E-state index contributed by atoms with van der Waals surface area (Å²) in [6.45, 7) is 3.33. The third-order valence-electron chi connectivity index (χ3n) is 3.73. The van der Waals surface area contributed by atoms with Crippen LogP contribution in [0.4, 0.5) is 5.13 Å². The van der Waals surface area contributed by atoms with Gasteiger partial charge in [-0.3, -0.25) is 4.79 Å². The number of carboxylic acid groups (broad SMARTS) is 1. The molecule has 0 amide bonds. The van der Waals surface area contributed by atoms with Crippen molar-refractivity contribution >= 4 is 22.4 Å². The Morgan fingerprint density at radius 1 is 1.53 bits per heavy atom. The van der Waals surface area contributed by atoms with Gasteiger partial charge in [-0.2, -0.15) is 0 Å². The zero-order chi connectivity index (χ0) is 13.7. The largest absolute Gasteiger partial charge is 0.481 e. The van der Waals surface area contributed by atoms with Gasteiger partial charge in [0.1, 0.15) is 0 Å². The molecular weight excluding hydrogens is 260 g/mol. The minimum absolute atomic E-state index is 0.167. The van der Waals surface area contributed by atoms with Crippen LogP contribution in [-0.2, 0) is 11.2 Å². The first-order valence-electron chi connectivity index (χ1n) is 7.13. The Balaban J connectivity index is 2.04. The number of anilines is 1. The Labute approximate surface area is 118 Å². The summed E-state index contributed by atoms with van der Waals surface area (Å²) in [5, 5.41) is 11.8. The topological polar surface area (TPSA) is 53.4 Å². The van der Waals surface area contributed by atoms with E-state index in [0.29, 0.717) is 12.5 Å². The van der Waals surface area contributed by atoms with E-state index < -0.39 is 5.97 Å². The molecule has 0 aromatic carbocycles. The molecular formula is C14H22N2O2S. The molecule has 0 radical (unpaired) electrons. The van der Waals surface area contributed by atoms with Gasteiger partial charge in [-0.05, 0) is 19.3 Å². The molecule has 1 aliphatic heterocycles. The third kappa shape index (κ3) is 3.93. The number of aryl methyl sites for hydroxylation is 1. The molecule has 5 heteroatoms. The van der Waals surface area contributed by atoms with Crippen molar-refractivity contribution in [1.82, 2.24) is 4.98 Å². The van der Waals surface area contributed by atoms with Gasteiger partial charge in [0, 0.05) is 24.4 Å². The van der Waals surface area contributed by atoms with Gasteiger partial charge in [0.25, 0.3) is 0 Å². The highest BCUT2D eigenvalue weighted by molar-refractivity contribution is 7.13. The number of hydrogen-bond acceptors (Lipinski definition) is 4. The number of thiazole rings is 1. The number of hydrogen-bond donors (Lipinski definition) is 1. The lowest BCUT2D eigenvalue weighted by Crippen LogP contribution is -2.34. The summed E-state index contributed by atoms with van der Waals surface area (Å²) in [7, 11) is 0. The lowest BCUT2D eigenvalue weighted by atomic mass is 10.1. The summed E-state index contributed by atoms with van der Waals surface area (Å²) in [5.41, 5.74) is 0.918. The standard InChI is InChI=1S/C14H22N2O2S/c1-2-12-6-4-3-5-9-16(12)14-15-11(10-19-14)7-8-13(17)18/h10,12H,2-9H2,1H3,(H,17,18). The average Bonchev–Trinajstić information content (AvgIpc) is 2.73. The van der Waals surface area contributed by atoms with E-state index in [1.54, 1.807) is 11.3 Å². The first-order chi connectivity index (χ1) is 9.20. The predicted octanol–water partition coefficient (Wildman–Crippen LogP) is 3.32. The van der Waals surface area contributed by atoms with Crippen LogP contribution in [0.3, 0.4) is 0 Å². The van der Waals surface area contributed by atoms with Crippen molar-refractivity contribution in [3.63, 3.8) is 0 Å². The zero-order valence-electron chi connectivity index (χ0n) is 11.5. The Morgan fingerprint density at radius 2 is 2.37 bits per heavy atom. The maximum Gasteiger partial charge on any atom is 0.303 e. The minimum atomic E-state index is -0.754. The van der Waals surface area contributed by atoms with E-state index in [9.17, 15) is 4.79 Å². The zero-order valence-corrected chi connectivity index (χ0v) is 12.3. The van der Waals surface area contributed by atoms with E-state index in [1.165, 1.54) is 25.7 Å². The summed E-state index contributed by atoms with van der Waals surface area (Å²) < 4.78 is 0. The van der Waals surface area contributed by atoms with Gasteiger partial charge in [0.15, 0.2) is 5.13 Å². The molecule has 0 spiro atoms. The first kappa shape index (κ1) is 14.3. The predicted molar refractivity (Wildman–Crippen MR) is 78.0 cm³/mol. The smallest absolute Gasteiger partial charge is 0.303 e. The number of rotatable bonds is 5. The molecule has 1 aromatic heterocycles. The maximum absolute atomic E-state index is 10.6. The Morgan fingerprint density at radius 3 is 3.11 bits per heavy atom. The van der Waals surface area contributed by atoms with Gasteiger partial charge in [-0.25, -0.2) is 4.98 Å². The summed E-state index contributed by atoms with van der Waals surface area (Å²) in [6, 6.07) is 0.598. The minimum Gasteiger partial charge on any atom is -0.481 e. The van der Waals surface area contributed by atoms with Gasteiger partial charge in [-0.15, -0.1) is 11.3 Å². The molecule has 2 heterocycles. The van der Waals surface area contributed by atoms with Crippen LogP contribution in [0.15, 0.2) is 5.38 Å². The molecule has 1 unspecified atom stereocenters. The molecule has 1 aliphatic rings. The van der Waals surface area contributed by atoms with Gasteiger partial charge >= 0.3 is 5.97 Å². The Bertz CT molecular complexity index is 419. The Hall–Kier alpha value is -1.10. The average molecular weight is 282 g/mol. The fraction of sp³-hybridized carbons (Fsp3) is 0.714. The molecule has 1 atom stereocenters. The van der Waals surface area contributed by atoms with Crippen LogP contribution in [0.2, 0.25) is 0 Å². The third-order valence-corrected chi connectivity index (χ3v) is 4.66. The highest BCUT2D eigenvalue weighted by atomic mass is 32.1. The van der Waals surface area contributed by atoms with Crippen molar-refractivity contribution in [3.8, 4) is 0 Å². The second kappa shape index (κ2) is 6.89. The highest BCUT2D eigenvalue weighted by Crippen LogP contribution is 2.28. The van der Waals surface area contributed by atoms with Crippen LogP contribution >= 0.6 is 11.3 Å². The summed E-state index contributed by atoms with van der Waals surface area (Å²) in [4.78, 5) is 17.6. The van der Waals surface area contributed by atoms with Crippen LogP contribution in [-0.4, -0.2) is 28.6 Å². The summed E-state index contributed by atoms with van der Waals surface area (Å²) in [6.07, 6.45) is 6.97. The van der Waals surface area contributed by atoms with Gasteiger partial charge in [-0.1, -0.05) is 19.8 Å². The normalized spacial score (nSPS) is 20.3. The quantitative estimate of drug-likeness (QED) is 0.900. The van der Waals surface area contributed by atoms with Crippen molar-refractivity contribution in [2.75, 3.05) is 11.4 Å². The fourth-order valence-corrected chi connectivity index (χ4v) is 3.59. The molecule has 0 bridgehead atoms. The molecule has 1 aromatic rings. The van der Waals surface area contributed by atoms with E-state index in [1.807, 2.05) is 5.38 Å². The van der Waals surface area contributed by atoms with Crippen LogP contribution < -0.4 is 4.90 Å². The second-order valence-corrected chi connectivity index (χ2v) is 5.96. The van der Waals surface area contributed by atoms with Crippen molar-refractivity contribution in [3.05, 3.63) is 11.1 Å². The molecule has 106 valence electrons. The number of aliphatic carboxylic acids is 1. The van der Waals surface area contributed by atoms with Crippen LogP contribution in [0, 0.1) is 0 Å². The number of carbonyl (C=O) groups is 1. The van der Waals surface area contributed by atoms with Crippen LogP contribution in [0.25, 0.3) is 0 Å². The van der Waals surface area contributed by atoms with Crippen LogP contribution in [0.5, 0.6) is 0 Å². The summed E-state index contributed by atoms with van der Waals surface area (Å²) >= 11 is 1.66. The number of aromatic nitrogens is 1. The van der Waals surface area contributed by atoms with E-state index in [4.69, 9.17) is 5.11 Å². The lowest BCUT2D eigenvalue weighted by molar-refractivity contribution is -0.136. The molecule has 1 saturated heterocycles. The van der Waals surface area contributed by atoms with Gasteiger partial charge < -0.3 is 10.0 Å². The molecule has 19 heavy (non-hydrogen) atoms. The molecule has 2 rings (SSSR count). The first-order valence-corrected chi connectivity index (χ1v) is 8.01. The van der Waals surface area contributed by atoms with Gasteiger partial charge in [0.05, 0.1) is 12.1 Å². The van der Waals surface area contributed by atoms with Crippen LogP contribution in [0.1, 0.15) is 51.1 Å². The highest BCUT2D eigenvalue weighted by Gasteiger charge is 2.22. The van der Waals surface area contributed by atoms with E-state index in [0.717, 1.165) is 23.8 Å². The monoisotopic (exact) mass is 282 g/mol. The number of carboxylic acids is 1. The van der Waals surface area contributed by atoms with Crippen molar-refractivity contribution in [2.45, 2.75) is 57.9 Å². The van der Waals surface area contributed by atoms with Crippen molar-refractivity contribution in [1.29, 1.82) is 0 Å². The molecule has 0 saturated carbocycles. The van der Waals surface area contributed by atoms with Crippen molar-refractivity contribution in [2.24, 2.45) is 0 Å². The second-order valence-electron chi connectivity index (χ2n) is 5.12. The molecule has 0 aliphatic carbocycles. The SMILES string of the molecule is CCC1CCCCCN1c1nc(CCC(=O)O)cs1. The fourth-order valence-electron chi connectivity index (χ4n) is 2.63. The maximum atomic E-state index is 10.6. The molecule has 1 N–H and O–H groups in total. The lowest BCUT2D eigenvalue weighted by Gasteiger charge is -2.28. The van der Waals surface area contributed by atoms with E-state index in [-0.39, 0.29) is 6.42 Å². The molecule has 4 nitrogen and oxygen atoms in total. The molecule has 1 fully saturated rings. The van der Waals surface area contributed by atoms with E-state index in [2.05, 4.69) is 16.8 Å². The Kier molecular flexibility index (Phi) is 5.19.